The molecule has 1 unspecified atom stereocenters. The van der Waals surface area contributed by atoms with Gasteiger partial charge in [-0.15, -0.1) is 24.5 Å². The van der Waals surface area contributed by atoms with E-state index in [4.69, 9.17) is 5.73 Å². The molecule has 2 rings (SSSR count). The molecule has 0 aliphatic heterocycles. The number of nitrogens with one attached hydrogen (secondary N) is 1. The van der Waals surface area contributed by atoms with Crippen LogP contribution in [0.25, 0.3) is 0 Å². The van der Waals surface area contributed by atoms with Crippen molar-refractivity contribution in [3.8, 4) is 5.75 Å². The fraction of sp³-hybridized carbons (Fsp3) is 0.267. The van der Waals surface area contributed by atoms with E-state index in [1.165, 1.54) is 23.1 Å². The van der Waals surface area contributed by atoms with Crippen molar-refractivity contribution in [2.45, 2.75) is 19.2 Å². The predicted octanol–water partition coefficient (Wildman–Crippen LogP) is 4.18. The monoisotopic (exact) mass is 343 g/mol. The number of para-hydroxylation sites is 2. The molecule has 0 saturated heterocycles. The van der Waals surface area contributed by atoms with Gasteiger partial charge in [-0.25, -0.2) is 0 Å². The molecule has 3 N–H and O–H groups in total. The third-order valence-electron chi connectivity index (χ3n) is 2.94. The Balaban J connectivity index is 2.02. The maximum atomic E-state index is 12.4. The zero-order valence-corrected chi connectivity index (χ0v) is 13.1. The number of rotatable bonds is 5. The van der Waals surface area contributed by atoms with Gasteiger partial charge in [0.15, 0.2) is 11.7 Å². The maximum Gasteiger partial charge on any atom is 0.573 e. The van der Waals surface area contributed by atoms with Crippen LogP contribution in [0, 0.1) is 0 Å². The van der Waals surface area contributed by atoms with Crippen LogP contribution in [0.3, 0.4) is 0 Å². The lowest BCUT2D eigenvalue weighted by Gasteiger charge is -2.14. The van der Waals surface area contributed by atoms with E-state index in [0.29, 0.717) is 6.54 Å². The normalized spacial score (nSPS) is 13.7. The molecule has 0 amide bonds. The minimum Gasteiger partial charge on any atom is -0.404 e. The van der Waals surface area contributed by atoms with Crippen LogP contribution < -0.4 is 15.8 Å². The van der Waals surface area contributed by atoms with Gasteiger partial charge in [0.1, 0.15) is 0 Å². The summed E-state index contributed by atoms with van der Waals surface area (Å²) < 4.78 is 41.0. The molecular weight excluding hydrogens is 327 g/mol. The number of thiophene rings is 1. The molecule has 2 aromatic rings. The van der Waals surface area contributed by atoms with Crippen molar-refractivity contribution in [3.05, 3.63) is 46.7 Å². The van der Waals surface area contributed by atoms with E-state index in [-0.39, 0.29) is 23.3 Å². The smallest absolute Gasteiger partial charge is 0.404 e. The zero-order valence-electron chi connectivity index (χ0n) is 12.3. The molecule has 0 aliphatic carbocycles. The number of anilines is 1. The number of alkyl halides is 3. The molecule has 1 aromatic heterocycles. The molecule has 0 fully saturated rings. The molecule has 0 spiro atoms. The Bertz CT molecular complexity index is 656. The quantitative estimate of drug-likeness (QED) is 0.632. The summed E-state index contributed by atoms with van der Waals surface area (Å²) in [6.07, 6.45) is -4.77. The lowest BCUT2D eigenvalue weighted by Crippen LogP contribution is -2.25. The van der Waals surface area contributed by atoms with Gasteiger partial charge in [-0.3, -0.25) is 4.99 Å². The Morgan fingerprint density at radius 2 is 2.04 bits per heavy atom. The highest BCUT2D eigenvalue weighted by atomic mass is 32.1. The first-order valence-corrected chi connectivity index (χ1v) is 7.68. The van der Waals surface area contributed by atoms with Crippen molar-refractivity contribution < 1.29 is 17.9 Å². The lowest BCUT2D eigenvalue weighted by atomic mass is 10.1. The van der Waals surface area contributed by atoms with Crippen LogP contribution >= 0.6 is 11.3 Å². The maximum absolute atomic E-state index is 12.4. The first-order valence-electron chi connectivity index (χ1n) is 6.80. The van der Waals surface area contributed by atoms with Crippen LogP contribution in [0.2, 0.25) is 0 Å². The molecule has 23 heavy (non-hydrogen) atoms. The topological polar surface area (TPSA) is 59.6 Å². The highest BCUT2D eigenvalue weighted by Gasteiger charge is 2.32. The highest BCUT2D eigenvalue weighted by Crippen LogP contribution is 2.29. The number of ether oxygens (including phenoxy) is 1. The molecule has 0 saturated carbocycles. The Labute approximate surface area is 135 Å². The molecule has 124 valence electrons. The summed E-state index contributed by atoms with van der Waals surface area (Å²) in [5, 5.41) is 4.61. The van der Waals surface area contributed by atoms with Gasteiger partial charge in [-0.2, -0.15) is 0 Å². The molecular formula is C15H16F3N3OS. The average Bonchev–Trinajstić information content (AvgIpc) is 2.99. The summed E-state index contributed by atoms with van der Waals surface area (Å²) in [4.78, 5) is 5.33. The number of hydrogen-bond donors (Lipinski definition) is 2. The van der Waals surface area contributed by atoms with Crippen molar-refractivity contribution >= 4 is 23.0 Å². The third kappa shape index (κ3) is 5.48. The molecule has 1 aromatic carbocycles. The molecule has 0 aliphatic rings. The average molecular weight is 343 g/mol. The third-order valence-corrected chi connectivity index (χ3v) is 4.04. The first-order chi connectivity index (χ1) is 10.8. The fourth-order valence-corrected chi connectivity index (χ4v) is 2.64. The van der Waals surface area contributed by atoms with Crippen molar-refractivity contribution in [2.24, 2.45) is 10.7 Å². The minimum absolute atomic E-state index is 0.0339. The molecule has 1 heterocycles. The van der Waals surface area contributed by atoms with Crippen LogP contribution in [0.1, 0.15) is 17.7 Å². The molecule has 4 nitrogen and oxygen atoms in total. The number of aliphatic imine (C=N–C) groups is 1. The standard InChI is InChI=1S/C15H16F3N3OS/c1-10(13-7-4-8-23-13)9-20-14(19)21-11-5-2-3-6-12(11)22-15(16,17)18/h2-8,10H,9H2,1H3,(H3,19,20,21). The van der Waals surface area contributed by atoms with Crippen molar-refractivity contribution in [2.75, 3.05) is 11.9 Å². The Hall–Kier alpha value is -2.22. The lowest BCUT2D eigenvalue weighted by molar-refractivity contribution is -0.274. The summed E-state index contributed by atoms with van der Waals surface area (Å²) in [6.45, 7) is 2.44. The number of guanidine groups is 1. The summed E-state index contributed by atoms with van der Waals surface area (Å²) in [5.74, 6) is -0.145. The number of benzene rings is 1. The summed E-state index contributed by atoms with van der Waals surface area (Å²) in [5.41, 5.74) is 5.85. The van der Waals surface area contributed by atoms with Gasteiger partial charge in [0.2, 0.25) is 0 Å². The van der Waals surface area contributed by atoms with E-state index >= 15 is 0 Å². The van der Waals surface area contributed by atoms with Crippen molar-refractivity contribution in [3.63, 3.8) is 0 Å². The van der Waals surface area contributed by atoms with E-state index < -0.39 is 6.36 Å². The van der Waals surface area contributed by atoms with Gasteiger partial charge in [0.25, 0.3) is 0 Å². The van der Waals surface area contributed by atoms with Crippen molar-refractivity contribution in [1.29, 1.82) is 0 Å². The summed E-state index contributed by atoms with van der Waals surface area (Å²) in [6, 6.07) is 9.61. The van der Waals surface area contributed by atoms with Gasteiger partial charge in [0.05, 0.1) is 12.2 Å². The van der Waals surface area contributed by atoms with Crippen molar-refractivity contribution in [1.82, 2.24) is 0 Å². The molecule has 8 heteroatoms. The number of nitrogens with two attached hydrogens (primary N) is 1. The SMILES string of the molecule is CC(CN=C(N)Nc1ccccc1OC(F)(F)F)c1cccs1. The van der Waals surface area contributed by atoms with E-state index in [2.05, 4.69) is 15.0 Å². The van der Waals surface area contributed by atoms with Gasteiger partial charge < -0.3 is 15.8 Å². The van der Waals surface area contributed by atoms with E-state index in [1.54, 1.807) is 17.4 Å². The number of nitrogens with zero attached hydrogens (tertiary/aromatic N) is 1. The predicted molar refractivity (Wildman–Crippen MR) is 86.0 cm³/mol. The van der Waals surface area contributed by atoms with E-state index in [0.717, 1.165) is 0 Å². The minimum atomic E-state index is -4.77. The first kappa shape index (κ1) is 17.1. The Morgan fingerprint density at radius 3 is 2.70 bits per heavy atom. The zero-order chi connectivity index (χ0) is 16.9. The second-order valence-electron chi connectivity index (χ2n) is 4.81. The van der Waals surface area contributed by atoms with E-state index in [9.17, 15) is 13.2 Å². The van der Waals surface area contributed by atoms with Crippen LogP contribution in [-0.4, -0.2) is 18.9 Å². The molecule has 1 atom stereocenters. The van der Waals surface area contributed by atoms with E-state index in [1.807, 2.05) is 24.4 Å². The number of halogens is 3. The van der Waals surface area contributed by atoms with Crippen LogP contribution in [-0.2, 0) is 0 Å². The van der Waals surface area contributed by atoms with Crippen LogP contribution in [0.4, 0.5) is 18.9 Å². The Morgan fingerprint density at radius 1 is 1.30 bits per heavy atom. The highest BCUT2D eigenvalue weighted by molar-refractivity contribution is 7.10. The fourth-order valence-electron chi connectivity index (χ4n) is 1.86. The second kappa shape index (κ2) is 7.36. The summed E-state index contributed by atoms with van der Waals surface area (Å²) >= 11 is 1.62. The van der Waals surface area contributed by atoms with Gasteiger partial charge in [-0.1, -0.05) is 25.1 Å². The molecule has 0 bridgehead atoms. The van der Waals surface area contributed by atoms with Gasteiger partial charge >= 0.3 is 6.36 Å². The van der Waals surface area contributed by atoms with Gasteiger partial charge in [-0.05, 0) is 23.6 Å². The Kier molecular flexibility index (Phi) is 5.49. The number of hydrogen-bond acceptors (Lipinski definition) is 3. The molecule has 0 radical (unpaired) electrons. The summed E-state index contributed by atoms with van der Waals surface area (Å²) in [7, 11) is 0. The second-order valence-corrected chi connectivity index (χ2v) is 5.79. The van der Waals surface area contributed by atoms with Crippen LogP contribution in [0.5, 0.6) is 5.75 Å². The van der Waals surface area contributed by atoms with Gasteiger partial charge in [0, 0.05) is 10.8 Å². The largest absolute Gasteiger partial charge is 0.573 e. The van der Waals surface area contributed by atoms with Crippen LogP contribution in [0.15, 0.2) is 46.8 Å².